The zero-order valence-electron chi connectivity index (χ0n) is 9.78. The first-order valence-electron chi connectivity index (χ1n) is 5.23. The fourth-order valence-corrected chi connectivity index (χ4v) is 1.62. The van der Waals surface area contributed by atoms with E-state index >= 15 is 0 Å². The molecule has 0 amide bonds. The molecule has 0 fully saturated rings. The highest BCUT2D eigenvalue weighted by molar-refractivity contribution is 5.95. The fraction of sp³-hybridized carbons (Fsp3) is 0.0769. The Morgan fingerprint density at radius 1 is 1.21 bits per heavy atom. The maximum absolute atomic E-state index is 13.7. The molecule has 19 heavy (non-hydrogen) atoms. The molecule has 0 aliphatic heterocycles. The Bertz CT molecular complexity index is 644. The first-order chi connectivity index (χ1) is 9.04. The fourth-order valence-electron chi connectivity index (χ4n) is 1.62. The second-order valence-electron chi connectivity index (χ2n) is 3.64. The monoisotopic (exact) mass is 267 g/mol. The summed E-state index contributed by atoms with van der Waals surface area (Å²) in [6.45, 7) is 0. The van der Waals surface area contributed by atoms with Crippen molar-refractivity contribution in [1.82, 2.24) is 4.98 Å². The molecule has 0 N–H and O–H groups in total. The number of hydrogen-bond acceptors (Lipinski definition) is 3. The molecule has 0 atom stereocenters. The van der Waals surface area contributed by atoms with Crippen LogP contribution in [0.25, 0.3) is 11.1 Å². The van der Waals surface area contributed by atoms with Crippen LogP contribution in [-0.2, 0) is 4.74 Å². The van der Waals surface area contributed by atoms with E-state index in [1.54, 1.807) is 0 Å². The van der Waals surface area contributed by atoms with Crippen LogP contribution in [0.1, 0.15) is 10.5 Å². The van der Waals surface area contributed by atoms with Crippen LogP contribution in [0.15, 0.2) is 30.5 Å². The summed E-state index contributed by atoms with van der Waals surface area (Å²) in [4.78, 5) is 15.0. The number of methoxy groups -OCH3 is 1. The Morgan fingerprint density at radius 2 is 1.95 bits per heavy atom. The largest absolute Gasteiger partial charge is 0.464 e. The molecular weight excluding hydrogens is 259 g/mol. The van der Waals surface area contributed by atoms with Crippen molar-refractivity contribution in [2.45, 2.75) is 0 Å². The van der Waals surface area contributed by atoms with E-state index in [0.717, 1.165) is 25.4 Å². The lowest BCUT2D eigenvalue weighted by Crippen LogP contribution is -2.08. The van der Waals surface area contributed by atoms with Crippen LogP contribution in [0.3, 0.4) is 0 Å². The first-order valence-corrected chi connectivity index (χ1v) is 5.23. The summed E-state index contributed by atoms with van der Waals surface area (Å²) in [5.74, 6) is -3.91. The third-order valence-electron chi connectivity index (χ3n) is 2.47. The van der Waals surface area contributed by atoms with E-state index in [4.69, 9.17) is 0 Å². The van der Waals surface area contributed by atoms with E-state index in [0.29, 0.717) is 0 Å². The van der Waals surface area contributed by atoms with Gasteiger partial charge in [-0.15, -0.1) is 0 Å². The van der Waals surface area contributed by atoms with Crippen molar-refractivity contribution in [2.75, 3.05) is 7.11 Å². The van der Waals surface area contributed by atoms with Crippen molar-refractivity contribution in [3.05, 3.63) is 53.6 Å². The summed E-state index contributed by atoms with van der Waals surface area (Å²) in [5, 5.41) is 0. The number of nitrogens with zero attached hydrogens (tertiary/aromatic N) is 1. The minimum Gasteiger partial charge on any atom is -0.464 e. The molecule has 98 valence electrons. The standard InChI is InChI=1S/C13H8F3NO2/c1-19-13(18)12-9(5-7(14)6-17-12)8-3-2-4-10(15)11(8)16/h2-6H,1H3. The molecule has 0 saturated heterocycles. The normalized spacial score (nSPS) is 10.3. The third-order valence-corrected chi connectivity index (χ3v) is 2.47. The zero-order chi connectivity index (χ0) is 14.0. The molecule has 3 nitrogen and oxygen atoms in total. The van der Waals surface area contributed by atoms with E-state index in [1.165, 1.54) is 12.1 Å². The number of halogens is 3. The molecule has 0 bridgehead atoms. The lowest BCUT2D eigenvalue weighted by molar-refractivity contribution is 0.0595. The first kappa shape index (κ1) is 13.1. The van der Waals surface area contributed by atoms with Crippen molar-refractivity contribution in [3.63, 3.8) is 0 Å². The Labute approximate surface area is 106 Å². The van der Waals surface area contributed by atoms with E-state index in [9.17, 15) is 18.0 Å². The minimum atomic E-state index is -1.18. The van der Waals surface area contributed by atoms with E-state index in [1.807, 2.05) is 0 Å². The average Bonchev–Trinajstić information content (AvgIpc) is 2.41. The van der Waals surface area contributed by atoms with Gasteiger partial charge in [0.15, 0.2) is 17.3 Å². The smallest absolute Gasteiger partial charge is 0.357 e. The SMILES string of the molecule is COC(=O)c1ncc(F)cc1-c1cccc(F)c1F. The molecule has 1 aromatic carbocycles. The number of benzene rings is 1. The van der Waals surface area contributed by atoms with Gasteiger partial charge in [-0.25, -0.2) is 22.9 Å². The molecule has 6 heteroatoms. The summed E-state index contributed by atoms with van der Waals surface area (Å²) in [6.07, 6.45) is 0.799. The highest BCUT2D eigenvalue weighted by Crippen LogP contribution is 2.27. The average molecular weight is 267 g/mol. The second kappa shape index (κ2) is 5.09. The summed E-state index contributed by atoms with van der Waals surface area (Å²) < 4.78 is 44.5. The molecule has 1 aromatic heterocycles. The minimum absolute atomic E-state index is 0.163. The maximum Gasteiger partial charge on any atom is 0.357 e. The summed E-state index contributed by atoms with van der Waals surface area (Å²) in [6, 6.07) is 4.29. The predicted octanol–water partition coefficient (Wildman–Crippen LogP) is 2.95. The summed E-state index contributed by atoms with van der Waals surface area (Å²) in [7, 11) is 1.11. The number of ether oxygens (including phenoxy) is 1. The van der Waals surface area contributed by atoms with Crippen molar-refractivity contribution in [1.29, 1.82) is 0 Å². The molecule has 1 heterocycles. The van der Waals surface area contributed by atoms with Gasteiger partial charge in [0.05, 0.1) is 13.3 Å². The van der Waals surface area contributed by atoms with Crippen LogP contribution >= 0.6 is 0 Å². The molecule has 0 aliphatic rings. The topological polar surface area (TPSA) is 39.2 Å². The molecule has 2 aromatic rings. The van der Waals surface area contributed by atoms with Crippen molar-refractivity contribution in [2.24, 2.45) is 0 Å². The van der Waals surface area contributed by atoms with Crippen LogP contribution < -0.4 is 0 Å². The van der Waals surface area contributed by atoms with Gasteiger partial charge in [0.25, 0.3) is 0 Å². The quantitative estimate of drug-likeness (QED) is 0.785. The van der Waals surface area contributed by atoms with Gasteiger partial charge in [-0.3, -0.25) is 0 Å². The predicted molar refractivity (Wildman–Crippen MR) is 60.9 cm³/mol. The molecular formula is C13H8F3NO2. The Morgan fingerprint density at radius 3 is 2.63 bits per heavy atom. The molecule has 0 spiro atoms. The van der Waals surface area contributed by atoms with Gasteiger partial charge in [-0.05, 0) is 12.1 Å². The number of esters is 1. The molecule has 0 aliphatic carbocycles. The van der Waals surface area contributed by atoms with E-state index < -0.39 is 23.4 Å². The zero-order valence-corrected chi connectivity index (χ0v) is 9.78. The highest BCUT2D eigenvalue weighted by Gasteiger charge is 2.20. The van der Waals surface area contributed by atoms with Gasteiger partial charge in [-0.2, -0.15) is 0 Å². The molecule has 2 rings (SSSR count). The van der Waals surface area contributed by atoms with Gasteiger partial charge in [0.1, 0.15) is 5.82 Å². The molecule has 0 saturated carbocycles. The lowest BCUT2D eigenvalue weighted by Gasteiger charge is -2.08. The number of aromatic nitrogens is 1. The van der Waals surface area contributed by atoms with Gasteiger partial charge in [0.2, 0.25) is 0 Å². The van der Waals surface area contributed by atoms with Crippen LogP contribution in [0.2, 0.25) is 0 Å². The number of carbonyl (C=O) groups is 1. The molecule has 0 radical (unpaired) electrons. The van der Waals surface area contributed by atoms with E-state index in [2.05, 4.69) is 9.72 Å². The summed E-state index contributed by atoms with van der Waals surface area (Å²) >= 11 is 0. The van der Waals surface area contributed by atoms with Gasteiger partial charge in [0, 0.05) is 11.1 Å². The van der Waals surface area contributed by atoms with Crippen molar-refractivity contribution < 1.29 is 22.7 Å². The highest BCUT2D eigenvalue weighted by atomic mass is 19.2. The molecule has 0 unspecified atom stereocenters. The number of rotatable bonds is 2. The van der Waals surface area contributed by atoms with Gasteiger partial charge < -0.3 is 4.74 Å². The van der Waals surface area contributed by atoms with Crippen LogP contribution in [0.5, 0.6) is 0 Å². The second-order valence-corrected chi connectivity index (χ2v) is 3.64. The Hall–Kier alpha value is -2.37. The van der Waals surface area contributed by atoms with Gasteiger partial charge in [-0.1, -0.05) is 12.1 Å². The third kappa shape index (κ3) is 2.42. The van der Waals surface area contributed by atoms with Crippen molar-refractivity contribution in [3.8, 4) is 11.1 Å². The lowest BCUT2D eigenvalue weighted by atomic mass is 10.0. The van der Waals surface area contributed by atoms with Gasteiger partial charge >= 0.3 is 5.97 Å². The number of carbonyl (C=O) groups excluding carboxylic acids is 1. The van der Waals surface area contributed by atoms with Crippen LogP contribution in [0.4, 0.5) is 13.2 Å². The number of hydrogen-bond donors (Lipinski definition) is 0. The van der Waals surface area contributed by atoms with Crippen LogP contribution in [0, 0.1) is 17.5 Å². The Balaban J connectivity index is 2.70. The maximum atomic E-state index is 13.7. The van der Waals surface area contributed by atoms with Crippen LogP contribution in [-0.4, -0.2) is 18.1 Å². The van der Waals surface area contributed by atoms with E-state index in [-0.39, 0.29) is 16.8 Å². The summed E-state index contributed by atoms with van der Waals surface area (Å²) in [5.41, 5.74) is -0.704. The Kier molecular flexibility index (Phi) is 3.50. The van der Waals surface area contributed by atoms with Crippen molar-refractivity contribution >= 4 is 5.97 Å². The number of pyridine rings is 1.